The predicted molar refractivity (Wildman–Crippen MR) is 75.8 cm³/mol. The van der Waals surface area contributed by atoms with Crippen molar-refractivity contribution in [1.29, 1.82) is 5.26 Å². The molecule has 4 heteroatoms. The van der Waals surface area contributed by atoms with Crippen molar-refractivity contribution in [2.45, 2.75) is 5.54 Å². The van der Waals surface area contributed by atoms with Crippen LogP contribution in [0.25, 0.3) is 0 Å². The molecule has 0 fully saturated rings. The molecule has 2 aromatic rings. The van der Waals surface area contributed by atoms with Gasteiger partial charge < -0.3 is 10.1 Å². The lowest BCUT2D eigenvalue weighted by Gasteiger charge is -2.26. The van der Waals surface area contributed by atoms with E-state index in [0.717, 1.165) is 0 Å². The van der Waals surface area contributed by atoms with Gasteiger partial charge in [0.2, 0.25) is 5.54 Å². The number of nitrogens with one attached hydrogen (secondary N) is 1. The van der Waals surface area contributed by atoms with E-state index < -0.39 is 11.5 Å². The zero-order valence-electron chi connectivity index (χ0n) is 11.0. The Morgan fingerprint density at radius 2 is 1.65 bits per heavy atom. The van der Waals surface area contributed by atoms with Gasteiger partial charge in [0, 0.05) is 11.3 Å². The number of carbonyl (C=O) groups excluding carboxylic acids is 1. The lowest BCUT2D eigenvalue weighted by molar-refractivity contribution is -0.144. The first-order chi connectivity index (χ1) is 9.73. The maximum atomic E-state index is 12.2. The Hall–Kier alpha value is -2.80. The molecule has 0 saturated heterocycles. The zero-order valence-corrected chi connectivity index (χ0v) is 11.0. The number of hydrogen-bond acceptors (Lipinski definition) is 4. The van der Waals surface area contributed by atoms with Crippen LogP contribution in [0.2, 0.25) is 0 Å². The first-order valence-corrected chi connectivity index (χ1v) is 6.11. The first kappa shape index (κ1) is 13.6. The van der Waals surface area contributed by atoms with Gasteiger partial charge in [-0.15, -0.1) is 0 Å². The van der Waals surface area contributed by atoms with Gasteiger partial charge >= 0.3 is 5.97 Å². The Morgan fingerprint density at radius 1 is 1.10 bits per heavy atom. The molecule has 0 aliphatic heterocycles. The first-order valence-electron chi connectivity index (χ1n) is 6.11. The van der Waals surface area contributed by atoms with Gasteiger partial charge in [-0.2, -0.15) is 5.26 Å². The molecule has 4 nitrogen and oxygen atoms in total. The summed E-state index contributed by atoms with van der Waals surface area (Å²) in [5.41, 5.74) is -0.348. The van der Waals surface area contributed by atoms with Crippen LogP contribution in [0.5, 0.6) is 0 Å². The van der Waals surface area contributed by atoms with Crippen LogP contribution in [0, 0.1) is 11.3 Å². The fourth-order valence-corrected chi connectivity index (χ4v) is 1.96. The number of hydrogen-bond donors (Lipinski definition) is 1. The highest BCUT2D eigenvalue weighted by Crippen LogP contribution is 2.27. The smallest absolute Gasteiger partial charge is 0.351 e. The molecule has 0 radical (unpaired) electrons. The second kappa shape index (κ2) is 5.89. The number of nitriles is 1. The summed E-state index contributed by atoms with van der Waals surface area (Å²) >= 11 is 0. The third-order valence-corrected chi connectivity index (χ3v) is 2.97. The lowest BCUT2D eigenvalue weighted by Crippen LogP contribution is -2.43. The van der Waals surface area contributed by atoms with Gasteiger partial charge in [-0.05, 0) is 12.1 Å². The summed E-state index contributed by atoms with van der Waals surface area (Å²) in [5, 5.41) is 12.6. The maximum Gasteiger partial charge on any atom is 0.351 e. The normalized spacial score (nSPS) is 12.8. The number of para-hydroxylation sites is 1. The summed E-state index contributed by atoms with van der Waals surface area (Å²) in [6.45, 7) is 0. The van der Waals surface area contributed by atoms with Crippen molar-refractivity contribution >= 4 is 11.7 Å². The molecule has 0 aliphatic carbocycles. The van der Waals surface area contributed by atoms with E-state index in [1.165, 1.54) is 7.11 Å². The third-order valence-electron chi connectivity index (χ3n) is 2.97. The summed E-state index contributed by atoms with van der Waals surface area (Å²) in [6.07, 6.45) is 0. The number of anilines is 1. The summed E-state index contributed by atoms with van der Waals surface area (Å²) in [5.74, 6) is -0.643. The Labute approximate surface area is 117 Å². The summed E-state index contributed by atoms with van der Waals surface area (Å²) < 4.78 is 4.81. The van der Waals surface area contributed by atoms with Gasteiger partial charge in [0.05, 0.1) is 7.11 Å². The van der Waals surface area contributed by atoms with Crippen molar-refractivity contribution in [3.05, 3.63) is 66.2 Å². The van der Waals surface area contributed by atoms with Crippen LogP contribution in [-0.4, -0.2) is 13.1 Å². The molecule has 0 amide bonds. The highest BCUT2D eigenvalue weighted by Gasteiger charge is 2.42. The molecule has 100 valence electrons. The molecule has 2 rings (SSSR count). The van der Waals surface area contributed by atoms with Crippen LogP contribution in [-0.2, 0) is 15.1 Å². The van der Waals surface area contributed by atoms with Crippen LogP contribution in [0.4, 0.5) is 5.69 Å². The largest absolute Gasteiger partial charge is 0.466 e. The van der Waals surface area contributed by atoms with Crippen LogP contribution < -0.4 is 5.32 Å². The number of methoxy groups -OCH3 is 1. The van der Waals surface area contributed by atoms with Gasteiger partial charge in [0.15, 0.2) is 0 Å². The van der Waals surface area contributed by atoms with E-state index in [1.54, 1.807) is 36.4 Å². The Bertz CT molecular complexity index is 620. The second-order valence-corrected chi connectivity index (χ2v) is 4.21. The highest BCUT2D eigenvalue weighted by molar-refractivity contribution is 5.89. The van der Waals surface area contributed by atoms with E-state index in [4.69, 9.17) is 4.74 Å². The van der Waals surface area contributed by atoms with Crippen molar-refractivity contribution in [2.24, 2.45) is 0 Å². The zero-order chi connectivity index (χ0) is 14.4. The fraction of sp³-hybridized carbons (Fsp3) is 0.125. The standard InChI is InChI=1S/C16H14N2O2/c1-20-15(19)16(12-17,13-8-4-2-5-9-13)18-14-10-6-3-7-11-14/h2-11,18H,1H3. The minimum atomic E-state index is -1.56. The molecule has 0 bridgehead atoms. The number of carbonyl (C=O) groups is 1. The Morgan fingerprint density at radius 3 is 2.15 bits per heavy atom. The highest BCUT2D eigenvalue weighted by atomic mass is 16.5. The number of benzene rings is 2. The van der Waals surface area contributed by atoms with Gasteiger partial charge in [-0.1, -0.05) is 48.5 Å². The summed E-state index contributed by atoms with van der Waals surface area (Å²) in [6, 6.07) is 19.9. The quantitative estimate of drug-likeness (QED) is 0.864. The van der Waals surface area contributed by atoms with Crippen LogP contribution in [0.3, 0.4) is 0 Å². The molecule has 2 aromatic carbocycles. The molecule has 0 aliphatic rings. The number of nitrogens with zero attached hydrogens (tertiary/aromatic N) is 1. The fourth-order valence-electron chi connectivity index (χ4n) is 1.96. The molecule has 1 atom stereocenters. The van der Waals surface area contributed by atoms with Gasteiger partial charge in [-0.25, -0.2) is 4.79 Å². The van der Waals surface area contributed by atoms with E-state index in [0.29, 0.717) is 11.3 Å². The maximum absolute atomic E-state index is 12.2. The van der Waals surface area contributed by atoms with Gasteiger partial charge in [0.25, 0.3) is 0 Å². The molecule has 0 spiro atoms. The van der Waals surface area contributed by atoms with E-state index >= 15 is 0 Å². The van der Waals surface area contributed by atoms with Crippen molar-refractivity contribution in [3.8, 4) is 6.07 Å². The Balaban J connectivity index is 2.50. The van der Waals surface area contributed by atoms with Gasteiger partial charge in [0.1, 0.15) is 6.07 Å². The van der Waals surface area contributed by atoms with E-state index in [-0.39, 0.29) is 0 Å². The van der Waals surface area contributed by atoms with Gasteiger partial charge in [-0.3, -0.25) is 0 Å². The molecule has 0 heterocycles. The average Bonchev–Trinajstić information content (AvgIpc) is 2.53. The molecule has 20 heavy (non-hydrogen) atoms. The molecule has 0 saturated carbocycles. The topological polar surface area (TPSA) is 62.1 Å². The average molecular weight is 266 g/mol. The Kier molecular flexibility index (Phi) is 4.02. The monoisotopic (exact) mass is 266 g/mol. The van der Waals surface area contributed by atoms with Crippen LogP contribution in [0.15, 0.2) is 60.7 Å². The molecular weight excluding hydrogens is 252 g/mol. The van der Waals surface area contributed by atoms with Crippen LogP contribution in [0.1, 0.15) is 5.56 Å². The molecule has 0 aromatic heterocycles. The number of rotatable bonds is 4. The summed E-state index contributed by atoms with van der Waals surface area (Å²) in [7, 11) is 1.27. The van der Waals surface area contributed by atoms with Crippen molar-refractivity contribution in [1.82, 2.24) is 0 Å². The number of esters is 1. The van der Waals surface area contributed by atoms with Crippen LogP contribution >= 0.6 is 0 Å². The van der Waals surface area contributed by atoms with Crippen molar-refractivity contribution in [3.63, 3.8) is 0 Å². The minimum Gasteiger partial charge on any atom is -0.466 e. The SMILES string of the molecule is COC(=O)C(C#N)(Nc1ccccc1)c1ccccc1. The molecule has 1 N–H and O–H groups in total. The van der Waals surface area contributed by atoms with Crippen molar-refractivity contribution in [2.75, 3.05) is 12.4 Å². The molecule has 1 unspecified atom stereocenters. The van der Waals surface area contributed by atoms with E-state index in [9.17, 15) is 10.1 Å². The summed E-state index contributed by atoms with van der Waals surface area (Å²) in [4.78, 5) is 12.2. The third kappa shape index (κ3) is 2.47. The number of ether oxygens (including phenoxy) is 1. The predicted octanol–water partition coefficient (Wildman–Crippen LogP) is 2.69. The lowest BCUT2D eigenvalue weighted by atomic mass is 9.91. The van der Waals surface area contributed by atoms with E-state index in [2.05, 4.69) is 5.32 Å². The molecular formula is C16H14N2O2. The van der Waals surface area contributed by atoms with E-state index in [1.807, 2.05) is 30.3 Å². The van der Waals surface area contributed by atoms with Crippen molar-refractivity contribution < 1.29 is 9.53 Å². The second-order valence-electron chi connectivity index (χ2n) is 4.21. The minimum absolute atomic E-state index is 0.540.